The van der Waals surface area contributed by atoms with E-state index in [0.717, 1.165) is 5.56 Å². The number of fused-ring (bicyclic) bond motifs is 2. The first-order valence-electron chi connectivity index (χ1n) is 13.0. The molecule has 0 radical (unpaired) electrons. The van der Waals surface area contributed by atoms with Crippen molar-refractivity contribution in [3.05, 3.63) is 48.0 Å². The molecule has 2 aromatic rings. The molecule has 0 aromatic heterocycles. The molecular formula is C28H39NO10. The van der Waals surface area contributed by atoms with Gasteiger partial charge in [0.25, 0.3) is 0 Å². The van der Waals surface area contributed by atoms with Gasteiger partial charge in [0.05, 0.1) is 52.9 Å². The first-order chi connectivity index (χ1) is 19.0. The molecule has 1 aliphatic heterocycles. The molecule has 0 unspecified atom stereocenters. The highest BCUT2D eigenvalue weighted by Gasteiger charge is 2.28. The minimum atomic E-state index is -1.40. The van der Waals surface area contributed by atoms with Gasteiger partial charge in [0.1, 0.15) is 32.0 Å². The van der Waals surface area contributed by atoms with Crippen molar-refractivity contribution in [3.8, 4) is 23.0 Å². The van der Waals surface area contributed by atoms with E-state index in [-0.39, 0.29) is 13.0 Å². The molecule has 0 amide bonds. The van der Waals surface area contributed by atoms with Crippen molar-refractivity contribution < 1.29 is 47.8 Å². The molecule has 0 saturated carbocycles. The van der Waals surface area contributed by atoms with Crippen molar-refractivity contribution in [1.29, 1.82) is 0 Å². The summed E-state index contributed by atoms with van der Waals surface area (Å²) >= 11 is 0. The zero-order chi connectivity index (χ0) is 27.8. The smallest absolute Gasteiger partial charge is 0.323 e. The standard InChI is InChI=1S/C28H39NO10/c1-28(29,27(30)31)21-22-6-7-25-26(20-22)39-19-15-35-11-10-33-13-17-37-24-5-3-2-4-23(24)36-16-12-32-8-9-34-14-18-38-25/h2-7,20H,8-19,21,29H2,1H3,(H,30,31)/t28-/m0/s1. The molecule has 2 aromatic carbocycles. The molecule has 0 aliphatic carbocycles. The number of nitrogens with two attached hydrogens (primary N) is 1. The van der Waals surface area contributed by atoms with Crippen LogP contribution in [0.2, 0.25) is 0 Å². The predicted molar refractivity (Wildman–Crippen MR) is 142 cm³/mol. The van der Waals surface area contributed by atoms with Crippen LogP contribution in [0.4, 0.5) is 0 Å². The van der Waals surface area contributed by atoms with E-state index in [1.165, 1.54) is 6.92 Å². The van der Waals surface area contributed by atoms with Gasteiger partial charge in [0, 0.05) is 6.42 Å². The number of rotatable bonds is 3. The van der Waals surface area contributed by atoms with Gasteiger partial charge in [0.2, 0.25) is 0 Å². The SMILES string of the molecule is C[C@](N)(Cc1ccc2c(c1)OCCOCCOCCOc1ccccc1OCCOCCOCCO2)C(=O)O. The lowest BCUT2D eigenvalue weighted by Crippen LogP contribution is -2.46. The summed E-state index contributed by atoms with van der Waals surface area (Å²) in [7, 11) is 0. The van der Waals surface area contributed by atoms with Crippen molar-refractivity contribution in [2.45, 2.75) is 18.9 Å². The summed E-state index contributed by atoms with van der Waals surface area (Å²) in [6, 6.07) is 12.7. The average Bonchev–Trinajstić information content (AvgIpc) is 2.91. The van der Waals surface area contributed by atoms with E-state index in [4.69, 9.17) is 43.6 Å². The number of carbonyl (C=O) groups is 1. The van der Waals surface area contributed by atoms with Crippen molar-refractivity contribution in [2.24, 2.45) is 5.73 Å². The van der Waals surface area contributed by atoms with Crippen molar-refractivity contribution in [3.63, 3.8) is 0 Å². The van der Waals surface area contributed by atoms with Crippen molar-refractivity contribution in [1.82, 2.24) is 0 Å². The van der Waals surface area contributed by atoms with Gasteiger partial charge in [-0.1, -0.05) is 18.2 Å². The maximum absolute atomic E-state index is 11.4. The number of hydrogen-bond donors (Lipinski definition) is 2. The summed E-state index contributed by atoms with van der Waals surface area (Å²) < 4.78 is 45.7. The lowest BCUT2D eigenvalue weighted by Gasteiger charge is -2.20. The molecule has 0 spiro atoms. The first-order valence-corrected chi connectivity index (χ1v) is 13.0. The Morgan fingerprint density at radius 1 is 0.667 bits per heavy atom. The van der Waals surface area contributed by atoms with Crippen molar-refractivity contribution >= 4 is 5.97 Å². The Balaban J connectivity index is 1.54. The molecular weight excluding hydrogens is 510 g/mol. The molecule has 3 rings (SSSR count). The molecule has 3 N–H and O–H groups in total. The average molecular weight is 550 g/mol. The molecule has 1 aliphatic rings. The highest BCUT2D eigenvalue weighted by molar-refractivity contribution is 5.78. The van der Waals surface area contributed by atoms with E-state index in [1.54, 1.807) is 18.2 Å². The topological polar surface area (TPSA) is 137 Å². The van der Waals surface area contributed by atoms with E-state index in [2.05, 4.69) is 0 Å². The molecule has 1 atom stereocenters. The van der Waals surface area contributed by atoms with Gasteiger partial charge >= 0.3 is 5.97 Å². The van der Waals surface area contributed by atoms with Crippen LogP contribution in [0.15, 0.2) is 42.5 Å². The maximum Gasteiger partial charge on any atom is 0.323 e. The third-order valence-electron chi connectivity index (χ3n) is 5.60. The Morgan fingerprint density at radius 3 is 1.49 bits per heavy atom. The van der Waals surface area contributed by atoms with Gasteiger partial charge in [0.15, 0.2) is 23.0 Å². The second-order valence-electron chi connectivity index (χ2n) is 8.97. The molecule has 216 valence electrons. The molecule has 11 nitrogen and oxygen atoms in total. The third-order valence-corrected chi connectivity index (χ3v) is 5.60. The maximum atomic E-state index is 11.4. The number of ether oxygens (including phenoxy) is 8. The van der Waals surface area contributed by atoms with E-state index in [0.29, 0.717) is 95.7 Å². The normalized spacial score (nSPS) is 18.7. The molecule has 0 fully saturated rings. The second-order valence-corrected chi connectivity index (χ2v) is 8.97. The fourth-order valence-corrected chi connectivity index (χ4v) is 3.57. The lowest BCUT2D eigenvalue weighted by atomic mass is 9.94. The van der Waals surface area contributed by atoms with E-state index < -0.39 is 11.5 Å². The van der Waals surface area contributed by atoms with Crippen LogP contribution < -0.4 is 24.7 Å². The Morgan fingerprint density at radius 2 is 1.05 bits per heavy atom. The van der Waals surface area contributed by atoms with E-state index >= 15 is 0 Å². The van der Waals surface area contributed by atoms with E-state index in [1.807, 2.05) is 24.3 Å². The second kappa shape index (κ2) is 16.8. The number of carboxylic acid groups (broad SMARTS) is 1. The Hall–Kier alpha value is -3.09. The largest absolute Gasteiger partial charge is 0.487 e. The van der Waals surface area contributed by atoms with Crippen LogP contribution in [0.5, 0.6) is 23.0 Å². The summed E-state index contributed by atoms with van der Waals surface area (Å²) in [5.41, 5.74) is 5.23. The number of aliphatic carboxylic acids is 1. The Kier molecular flexibility index (Phi) is 13.1. The summed E-state index contributed by atoms with van der Waals surface area (Å²) in [4.78, 5) is 11.4. The van der Waals surface area contributed by atoms with Crippen LogP contribution in [-0.4, -0.2) is 95.9 Å². The number of para-hydroxylation sites is 2. The third kappa shape index (κ3) is 11.3. The zero-order valence-electron chi connectivity index (χ0n) is 22.4. The molecule has 0 bridgehead atoms. The molecule has 1 heterocycles. The highest BCUT2D eigenvalue weighted by atomic mass is 16.6. The lowest BCUT2D eigenvalue weighted by molar-refractivity contribution is -0.142. The van der Waals surface area contributed by atoms with Gasteiger partial charge in [-0.05, 0) is 36.8 Å². The zero-order valence-corrected chi connectivity index (χ0v) is 22.4. The van der Waals surface area contributed by atoms with Gasteiger partial charge in [-0.25, -0.2) is 0 Å². The number of carboxylic acids is 1. The Labute approximate surface area is 229 Å². The quantitative estimate of drug-likeness (QED) is 0.584. The highest BCUT2D eigenvalue weighted by Crippen LogP contribution is 2.30. The Bertz CT molecular complexity index is 1000. The van der Waals surface area contributed by atoms with Crippen LogP contribution in [0.3, 0.4) is 0 Å². The first kappa shape index (κ1) is 30.5. The van der Waals surface area contributed by atoms with Crippen LogP contribution >= 0.6 is 0 Å². The monoisotopic (exact) mass is 549 g/mol. The molecule has 11 heteroatoms. The van der Waals surface area contributed by atoms with Crippen molar-refractivity contribution in [2.75, 3.05) is 79.3 Å². The molecule has 0 saturated heterocycles. The fourth-order valence-electron chi connectivity index (χ4n) is 3.57. The van der Waals surface area contributed by atoms with Gasteiger partial charge in [-0.2, -0.15) is 0 Å². The number of benzene rings is 2. The van der Waals surface area contributed by atoms with Gasteiger partial charge < -0.3 is 48.7 Å². The van der Waals surface area contributed by atoms with Gasteiger partial charge in [-0.3, -0.25) is 4.79 Å². The van der Waals surface area contributed by atoms with Crippen LogP contribution in [0, 0.1) is 0 Å². The summed E-state index contributed by atoms with van der Waals surface area (Å²) in [6.45, 7) is 5.94. The summed E-state index contributed by atoms with van der Waals surface area (Å²) in [5.74, 6) is 1.21. The van der Waals surface area contributed by atoms with Crippen LogP contribution in [-0.2, 0) is 30.2 Å². The fraction of sp³-hybridized carbons (Fsp3) is 0.536. The van der Waals surface area contributed by atoms with Crippen LogP contribution in [0.25, 0.3) is 0 Å². The minimum Gasteiger partial charge on any atom is -0.487 e. The van der Waals surface area contributed by atoms with Crippen LogP contribution in [0.1, 0.15) is 12.5 Å². The van der Waals surface area contributed by atoms with E-state index in [9.17, 15) is 9.90 Å². The summed E-state index contributed by atoms with van der Waals surface area (Å²) in [6.07, 6.45) is 0.135. The molecule has 39 heavy (non-hydrogen) atoms. The predicted octanol–water partition coefficient (Wildman–Crippen LogP) is 2.33. The number of hydrogen-bond acceptors (Lipinski definition) is 10. The minimum absolute atomic E-state index is 0.135. The summed E-state index contributed by atoms with van der Waals surface area (Å²) in [5, 5.41) is 9.36. The van der Waals surface area contributed by atoms with Gasteiger partial charge in [-0.15, -0.1) is 0 Å².